The zero-order valence-corrected chi connectivity index (χ0v) is 8.81. The first kappa shape index (κ1) is 10.4. The first-order valence-electron chi connectivity index (χ1n) is 4.28. The van der Waals surface area contributed by atoms with Crippen molar-refractivity contribution in [3.63, 3.8) is 0 Å². The van der Waals surface area contributed by atoms with Gasteiger partial charge in [0.25, 0.3) is 0 Å². The van der Waals surface area contributed by atoms with Crippen LogP contribution in [-0.4, -0.2) is 9.91 Å². The third kappa shape index (κ3) is 2.09. The van der Waals surface area contributed by atoms with Crippen molar-refractivity contribution < 1.29 is 9.34 Å². The van der Waals surface area contributed by atoms with Crippen LogP contribution in [0, 0.1) is 10.1 Å². The van der Waals surface area contributed by atoms with Gasteiger partial charge in [-0.05, 0) is 12.2 Å². The standard InChI is InChI=1S/C9H7N3O3S/c10-9-11-6(5-16-9)1-2-8-7(12(13)14)3-4-15-8/h1-5H,(H2,10,11)/b2-1+. The molecule has 0 unspecified atom stereocenters. The zero-order valence-electron chi connectivity index (χ0n) is 7.99. The van der Waals surface area contributed by atoms with Gasteiger partial charge in [-0.25, -0.2) is 4.98 Å². The Balaban J connectivity index is 2.23. The average molecular weight is 237 g/mol. The second kappa shape index (κ2) is 4.15. The van der Waals surface area contributed by atoms with E-state index < -0.39 is 4.92 Å². The Morgan fingerprint density at radius 3 is 3.00 bits per heavy atom. The van der Waals surface area contributed by atoms with E-state index >= 15 is 0 Å². The fourth-order valence-corrected chi connectivity index (χ4v) is 1.66. The lowest BCUT2D eigenvalue weighted by Crippen LogP contribution is -1.86. The molecule has 16 heavy (non-hydrogen) atoms. The molecule has 2 heterocycles. The first-order chi connectivity index (χ1) is 7.66. The largest absolute Gasteiger partial charge is 0.457 e. The SMILES string of the molecule is Nc1nc(/C=C/c2occc2[N+](=O)[O-])cs1. The Labute approximate surface area is 94.2 Å². The fraction of sp³-hybridized carbons (Fsp3) is 0. The molecule has 0 aliphatic rings. The van der Waals surface area contributed by atoms with Crippen LogP contribution in [0.25, 0.3) is 12.2 Å². The van der Waals surface area contributed by atoms with Gasteiger partial charge >= 0.3 is 5.69 Å². The highest BCUT2D eigenvalue weighted by Crippen LogP contribution is 2.22. The molecule has 0 saturated carbocycles. The van der Waals surface area contributed by atoms with E-state index in [-0.39, 0.29) is 11.4 Å². The number of rotatable bonds is 3. The Hall–Kier alpha value is -2.15. The summed E-state index contributed by atoms with van der Waals surface area (Å²) in [7, 11) is 0. The van der Waals surface area contributed by atoms with Crippen LogP contribution in [0.1, 0.15) is 11.5 Å². The maximum atomic E-state index is 10.6. The number of nitrogen functional groups attached to an aromatic ring is 1. The molecule has 0 aliphatic carbocycles. The molecule has 0 saturated heterocycles. The number of furan rings is 1. The van der Waals surface area contributed by atoms with Crippen molar-refractivity contribution in [1.82, 2.24) is 4.98 Å². The molecule has 0 bridgehead atoms. The van der Waals surface area contributed by atoms with Gasteiger partial charge in [0.1, 0.15) is 0 Å². The van der Waals surface area contributed by atoms with E-state index in [4.69, 9.17) is 10.2 Å². The highest BCUT2D eigenvalue weighted by atomic mass is 32.1. The predicted octanol–water partition coefficient (Wildman–Crippen LogP) is 2.40. The second-order valence-electron chi connectivity index (χ2n) is 2.87. The average Bonchev–Trinajstić information content (AvgIpc) is 2.83. The summed E-state index contributed by atoms with van der Waals surface area (Å²) in [5.74, 6) is 0.191. The molecule has 2 N–H and O–H groups in total. The summed E-state index contributed by atoms with van der Waals surface area (Å²) in [6.45, 7) is 0. The Kier molecular flexibility index (Phi) is 2.69. The van der Waals surface area contributed by atoms with Crippen LogP contribution in [0.5, 0.6) is 0 Å². The minimum atomic E-state index is -0.501. The van der Waals surface area contributed by atoms with Gasteiger partial charge in [-0.15, -0.1) is 11.3 Å². The van der Waals surface area contributed by atoms with Crippen LogP contribution in [0.2, 0.25) is 0 Å². The van der Waals surface area contributed by atoms with Gasteiger partial charge in [0.2, 0.25) is 5.76 Å². The number of hydrogen-bond acceptors (Lipinski definition) is 6. The molecular formula is C9H7N3O3S. The van der Waals surface area contributed by atoms with Gasteiger partial charge in [0.15, 0.2) is 5.13 Å². The molecule has 7 heteroatoms. The summed E-state index contributed by atoms with van der Waals surface area (Å²) in [4.78, 5) is 14.1. The van der Waals surface area contributed by atoms with Crippen LogP contribution >= 0.6 is 11.3 Å². The number of nitro groups is 1. The lowest BCUT2D eigenvalue weighted by molar-refractivity contribution is -0.385. The smallest absolute Gasteiger partial charge is 0.314 e. The summed E-state index contributed by atoms with van der Waals surface area (Å²) in [5, 5.41) is 12.8. The first-order valence-corrected chi connectivity index (χ1v) is 5.16. The maximum absolute atomic E-state index is 10.6. The van der Waals surface area contributed by atoms with Crippen LogP contribution in [-0.2, 0) is 0 Å². The number of anilines is 1. The van der Waals surface area contributed by atoms with E-state index in [1.165, 1.54) is 29.7 Å². The van der Waals surface area contributed by atoms with Crippen molar-refractivity contribution in [2.75, 3.05) is 5.73 Å². The van der Waals surface area contributed by atoms with E-state index in [9.17, 15) is 10.1 Å². The zero-order chi connectivity index (χ0) is 11.5. The molecule has 6 nitrogen and oxygen atoms in total. The van der Waals surface area contributed by atoms with Crippen molar-refractivity contribution in [3.05, 3.63) is 39.3 Å². The molecule has 0 atom stereocenters. The highest BCUT2D eigenvalue weighted by molar-refractivity contribution is 7.13. The molecule has 2 aromatic rings. The van der Waals surface area contributed by atoms with E-state index in [2.05, 4.69) is 4.98 Å². The molecular weight excluding hydrogens is 230 g/mol. The molecule has 2 rings (SSSR count). The summed E-state index contributed by atoms with van der Waals surface area (Å²) < 4.78 is 4.97. The van der Waals surface area contributed by atoms with E-state index in [0.717, 1.165) is 0 Å². The fourth-order valence-electron chi connectivity index (χ4n) is 1.13. The molecule has 2 aromatic heterocycles. The minimum absolute atomic E-state index is 0.0700. The monoisotopic (exact) mass is 237 g/mol. The van der Waals surface area contributed by atoms with Gasteiger partial charge in [-0.2, -0.15) is 0 Å². The normalized spacial score (nSPS) is 11.0. The molecule has 0 spiro atoms. The number of nitrogens with zero attached hydrogens (tertiary/aromatic N) is 2. The third-order valence-electron chi connectivity index (χ3n) is 1.82. The van der Waals surface area contributed by atoms with E-state index in [1.807, 2.05) is 0 Å². The molecule has 0 amide bonds. The Bertz CT molecular complexity index is 544. The van der Waals surface area contributed by atoms with Gasteiger partial charge in [0, 0.05) is 5.38 Å². The van der Waals surface area contributed by atoms with Gasteiger partial charge in [-0.3, -0.25) is 10.1 Å². The summed E-state index contributed by atoms with van der Waals surface area (Å²) in [5.41, 5.74) is 6.02. The lowest BCUT2D eigenvalue weighted by atomic mass is 10.3. The molecule has 0 aromatic carbocycles. The van der Waals surface area contributed by atoms with Crippen LogP contribution in [0.4, 0.5) is 10.8 Å². The number of aromatic nitrogens is 1. The number of nitrogens with two attached hydrogens (primary N) is 1. The summed E-state index contributed by atoms with van der Waals surface area (Å²) in [6.07, 6.45) is 4.37. The predicted molar refractivity (Wildman–Crippen MR) is 60.8 cm³/mol. The highest BCUT2D eigenvalue weighted by Gasteiger charge is 2.14. The van der Waals surface area contributed by atoms with Crippen molar-refractivity contribution in [3.8, 4) is 0 Å². The molecule has 0 radical (unpaired) electrons. The summed E-state index contributed by atoms with van der Waals surface area (Å²) in [6, 6.07) is 1.30. The minimum Gasteiger partial charge on any atom is -0.457 e. The maximum Gasteiger partial charge on any atom is 0.314 e. The van der Waals surface area contributed by atoms with E-state index in [0.29, 0.717) is 10.8 Å². The molecule has 0 aliphatic heterocycles. The third-order valence-corrected chi connectivity index (χ3v) is 2.51. The van der Waals surface area contributed by atoms with E-state index in [1.54, 1.807) is 11.5 Å². The van der Waals surface area contributed by atoms with Gasteiger partial charge in [-0.1, -0.05) is 0 Å². The number of hydrogen-bond donors (Lipinski definition) is 1. The van der Waals surface area contributed by atoms with Crippen LogP contribution < -0.4 is 5.73 Å². The van der Waals surface area contributed by atoms with Gasteiger partial charge in [0.05, 0.1) is 22.9 Å². The Morgan fingerprint density at radius 1 is 1.56 bits per heavy atom. The van der Waals surface area contributed by atoms with Gasteiger partial charge < -0.3 is 10.2 Å². The molecule has 0 fully saturated rings. The topological polar surface area (TPSA) is 95.2 Å². The molecule has 82 valence electrons. The quantitative estimate of drug-likeness (QED) is 0.653. The number of thiazole rings is 1. The van der Waals surface area contributed by atoms with Crippen LogP contribution in [0.3, 0.4) is 0 Å². The second-order valence-corrected chi connectivity index (χ2v) is 3.76. The van der Waals surface area contributed by atoms with Crippen molar-refractivity contribution in [1.29, 1.82) is 0 Å². The van der Waals surface area contributed by atoms with Crippen molar-refractivity contribution in [2.24, 2.45) is 0 Å². The van der Waals surface area contributed by atoms with Crippen molar-refractivity contribution in [2.45, 2.75) is 0 Å². The Morgan fingerprint density at radius 2 is 2.38 bits per heavy atom. The van der Waals surface area contributed by atoms with Crippen molar-refractivity contribution >= 4 is 34.3 Å². The summed E-state index contributed by atoms with van der Waals surface area (Å²) >= 11 is 1.30. The van der Waals surface area contributed by atoms with Crippen LogP contribution in [0.15, 0.2) is 22.1 Å². The lowest BCUT2D eigenvalue weighted by Gasteiger charge is -1.87.